The number of alkyl halides is 1. The van der Waals surface area contributed by atoms with Gasteiger partial charge in [-0.1, -0.05) is 28.9 Å². The van der Waals surface area contributed by atoms with Crippen LogP contribution in [-0.4, -0.2) is 10.6 Å². The lowest BCUT2D eigenvalue weighted by atomic mass is 10.0. The Morgan fingerprint density at radius 3 is 2.71 bits per heavy atom. The van der Waals surface area contributed by atoms with Crippen molar-refractivity contribution in [2.45, 2.75) is 25.1 Å². The molecule has 0 amide bonds. The Bertz CT molecular complexity index is 347. The van der Waals surface area contributed by atoms with Gasteiger partial charge in [0.05, 0.1) is 4.83 Å². The van der Waals surface area contributed by atoms with Crippen molar-refractivity contribution in [3.63, 3.8) is 0 Å². The van der Waals surface area contributed by atoms with Crippen LogP contribution in [0.2, 0.25) is 0 Å². The third-order valence-electron chi connectivity index (χ3n) is 2.07. The van der Waals surface area contributed by atoms with Gasteiger partial charge in [0, 0.05) is 9.13 Å². The van der Waals surface area contributed by atoms with Crippen molar-refractivity contribution >= 4 is 44.3 Å². The molecule has 0 spiro atoms. The lowest BCUT2D eigenvalue weighted by Crippen LogP contribution is -2.12. The first-order chi connectivity index (χ1) is 6.56. The summed E-state index contributed by atoms with van der Waals surface area (Å²) in [5, 5.41) is 0. The second-order valence-electron chi connectivity index (χ2n) is 3.14. The Kier molecular flexibility index (Phi) is 4.57. The fourth-order valence-corrected chi connectivity index (χ4v) is 2.11. The molecule has 0 fully saturated rings. The van der Waals surface area contributed by atoms with E-state index in [2.05, 4.69) is 51.5 Å². The van der Waals surface area contributed by atoms with Gasteiger partial charge in [0.15, 0.2) is 5.78 Å². The predicted molar refractivity (Wildman–Crippen MR) is 71.3 cm³/mol. The van der Waals surface area contributed by atoms with Crippen molar-refractivity contribution in [2.24, 2.45) is 0 Å². The van der Waals surface area contributed by atoms with E-state index < -0.39 is 0 Å². The number of halogens is 2. The molecule has 0 radical (unpaired) electrons. The van der Waals surface area contributed by atoms with Crippen molar-refractivity contribution in [2.75, 3.05) is 0 Å². The van der Waals surface area contributed by atoms with E-state index in [0.717, 1.165) is 17.5 Å². The second-order valence-corrected chi connectivity index (χ2v) is 5.75. The van der Waals surface area contributed by atoms with Crippen LogP contribution in [0.5, 0.6) is 0 Å². The number of benzene rings is 1. The van der Waals surface area contributed by atoms with E-state index in [4.69, 9.17) is 0 Å². The van der Waals surface area contributed by atoms with Crippen LogP contribution in [0.15, 0.2) is 18.2 Å². The van der Waals surface area contributed by atoms with Gasteiger partial charge in [0.1, 0.15) is 0 Å². The average Bonchev–Trinajstić information content (AvgIpc) is 2.16. The summed E-state index contributed by atoms with van der Waals surface area (Å²) < 4.78 is 1.18. The van der Waals surface area contributed by atoms with Crippen LogP contribution in [0.25, 0.3) is 0 Å². The van der Waals surface area contributed by atoms with Crippen LogP contribution in [0.1, 0.15) is 29.8 Å². The highest BCUT2D eigenvalue weighted by Gasteiger charge is 2.14. The van der Waals surface area contributed by atoms with Crippen LogP contribution in [-0.2, 0) is 6.42 Å². The molecule has 14 heavy (non-hydrogen) atoms. The van der Waals surface area contributed by atoms with Crippen molar-refractivity contribution in [3.05, 3.63) is 32.9 Å². The number of carbonyl (C=O) groups excluding carboxylic acids is 1. The van der Waals surface area contributed by atoms with Crippen molar-refractivity contribution < 1.29 is 4.79 Å². The third kappa shape index (κ3) is 2.79. The third-order valence-corrected chi connectivity index (χ3v) is 3.16. The number of hydrogen-bond acceptors (Lipinski definition) is 1. The molecule has 76 valence electrons. The van der Waals surface area contributed by atoms with Crippen molar-refractivity contribution in [1.29, 1.82) is 0 Å². The van der Waals surface area contributed by atoms with Gasteiger partial charge in [0.2, 0.25) is 0 Å². The molecule has 1 unspecified atom stereocenters. The van der Waals surface area contributed by atoms with Crippen LogP contribution < -0.4 is 0 Å². The SMILES string of the molecule is CCc1cc(I)ccc1C(=O)C(C)Br. The molecule has 0 aliphatic carbocycles. The lowest BCUT2D eigenvalue weighted by molar-refractivity contribution is 0.0995. The number of Topliss-reactive ketones (excluding diaryl/α,β-unsaturated/α-hetero) is 1. The molecule has 0 aliphatic rings. The summed E-state index contributed by atoms with van der Waals surface area (Å²) in [4.78, 5) is 11.7. The lowest BCUT2D eigenvalue weighted by Gasteiger charge is -2.08. The zero-order valence-electron chi connectivity index (χ0n) is 8.18. The highest BCUT2D eigenvalue weighted by atomic mass is 127. The standard InChI is InChI=1S/C11H12BrIO/c1-3-8-6-9(13)4-5-10(8)11(14)7(2)12/h4-7H,3H2,1-2H3. The summed E-state index contributed by atoms with van der Waals surface area (Å²) in [5.41, 5.74) is 1.98. The van der Waals surface area contributed by atoms with Gasteiger partial charge in [-0.3, -0.25) is 4.79 Å². The zero-order valence-corrected chi connectivity index (χ0v) is 11.9. The molecule has 0 N–H and O–H groups in total. The normalized spacial score (nSPS) is 12.6. The van der Waals surface area contributed by atoms with E-state index >= 15 is 0 Å². The number of rotatable bonds is 3. The molecule has 0 bridgehead atoms. The van der Waals surface area contributed by atoms with Crippen LogP contribution in [0.4, 0.5) is 0 Å². The van der Waals surface area contributed by atoms with E-state index in [-0.39, 0.29) is 10.6 Å². The highest BCUT2D eigenvalue weighted by Crippen LogP contribution is 2.18. The molecule has 1 rings (SSSR count). The van der Waals surface area contributed by atoms with Gasteiger partial charge in [-0.25, -0.2) is 0 Å². The molecule has 1 aromatic carbocycles. The summed E-state index contributed by atoms with van der Waals surface area (Å²) in [7, 11) is 0. The minimum atomic E-state index is -0.104. The smallest absolute Gasteiger partial charge is 0.176 e. The first kappa shape index (κ1) is 12.2. The number of aryl methyl sites for hydroxylation is 1. The summed E-state index contributed by atoms with van der Waals surface area (Å²) in [5.74, 6) is 0.165. The first-order valence-corrected chi connectivity index (χ1v) is 6.52. The van der Waals surface area contributed by atoms with Gasteiger partial charge in [-0.05, 0) is 53.6 Å². The van der Waals surface area contributed by atoms with Gasteiger partial charge in [-0.15, -0.1) is 0 Å². The maximum Gasteiger partial charge on any atom is 0.176 e. The predicted octanol–water partition coefficient (Wildman–Crippen LogP) is 3.82. The molecule has 1 nitrogen and oxygen atoms in total. The Balaban J connectivity index is 3.14. The Labute approximate surface area is 107 Å². The topological polar surface area (TPSA) is 17.1 Å². The molecule has 0 heterocycles. The highest BCUT2D eigenvalue weighted by molar-refractivity contribution is 14.1. The summed E-state index contributed by atoms with van der Waals surface area (Å²) >= 11 is 5.57. The van der Waals surface area contributed by atoms with Crippen LogP contribution in [0, 0.1) is 3.57 Å². The maximum atomic E-state index is 11.8. The molecule has 3 heteroatoms. The van der Waals surface area contributed by atoms with Gasteiger partial charge in [0.25, 0.3) is 0 Å². The molecule has 0 aliphatic heterocycles. The maximum absolute atomic E-state index is 11.8. The molecule has 0 saturated carbocycles. The molecule has 0 aromatic heterocycles. The van der Waals surface area contributed by atoms with Crippen LogP contribution in [0.3, 0.4) is 0 Å². The Hall–Kier alpha value is 0.1000. The van der Waals surface area contributed by atoms with Gasteiger partial charge < -0.3 is 0 Å². The van der Waals surface area contributed by atoms with E-state index in [0.29, 0.717) is 0 Å². The van der Waals surface area contributed by atoms with E-state index in [1.54, 1.807) is 0 Å². The summed E-state index contributed by atoms with van der Waals surface area (Å²) in [6.45, 7) is 3.93. The fourth-order valence-electron chi connectivity index (χ4n) is 1.31. The summed E-state index contributed by atoms with van der Waals surface area (Å²) in [6.07, 6.45) is 0.900. The molecular formula is C11H12BrIO. The van der Waals surface area contributed by atoms with Crippen molar-refractivity contribution in [3.8, 4) is 0 Å². The summed E-state index contributed by atoms with van der Waals surface area (Å²) in [6, 6.07) is 5.96. The Morgan fingerprint density at radius 1 is 1.57 bits per heavy atom. The molecule has 1 atom stereocenters. The number of carbonyl (C=O) groups is 1. The molecule has 1 aromatic rings. The second kappa shape index (κ2) is 5.26. The van der Waals surface area contributed by atoms with Gasteiger partial charge in [-0.2, -0.15) is 0 Å². The minimum Gasteiger partial charge on any atom is -0.293 e. The number of ketones is 1. The van der Waals surface area contributed by atoms with E-state index in [1.165, 1.54) is 3.57 Å². The van der Waals surface area contributed by atoms with E-state index in [9.17, 15) is 4.79 Å². The van der Waals surface area contributed by atoms with Crippen molar-refractivity contribution in [1.82, 2.24) is 0 Å². The van der Waals surface area contributed by atoms with E-state index in [1.807, 2.05) is 19.1 Å². The fraction of sp³-hybridized carbons (Fsp3) is 0.364. The average molecular weight is 367 g/mol. The minimum absolute atomic E-state index is 0.104. The Morgan fingerprint density at radius 2 is 2.21 bits per heavy atom. The largest absolute Gasteiger partial charge is 0.293 e. The van der Waals surface area contributed by atoms with Crippen LogP contribution >= 0.6 is 38.5 Å². The first-order valence-electron chi connectivity index (χ1n) is 4.53. The molecular weight excluding hydrogens is 355 g/mol. The monoisotopic (exact) mass is 366 g/mol. The zero-order chi connectivity index (χ0) is 10.7. The number of hydrogen-bond donors (Lipinski definition) is 0. The quantitative estimate of drug-likeness (QED) is 0.451. The van der Waals surface area contributed by atoms with Gasteiger partial charge >= 0.3 is 0 Å². The molecule has 0 saturated heterocycles.